The topological polar surface area (TPSA) is 22.8 Å². The first-order valence-corrected chi connectivity index (χ1v) is 10.8. The predicted molar refractivity (Wildman–Crippen MR) is 129 cm³/mol. The van der Waals surface area contributed by atoms with Crippen molar-refractivity contribution in [3.8, 4) is 11.4 Å². The van der Waals surface area contributed by atoms with Crippen LogP contribution in [0.2, 0.25) is 0 Å². The van der Waals surface area contributed by atoms with E-state index in [2.05, 4.69) is 120 Å². The maximum atomic E-state index is 4.94. The molecule has 0 unspecified atom stereocenters. The van der Waals surface area contributed by atoms with Gasteiger partial charge in [0.2, 0.25) is 0 Å². The summed E-state index contributed by atoms with van der Waals surface area (Å²) in [5, 5.41) is 2.52. The van der Waals surface area contributed by atoms with Gasteiger partial charge in [-0.15, -0.1) is 0 Å². The second kappa shape index (κ2) is 6.85. The van der Waals surface area contributed by atoms with Gasteiger partial charge < -0.3 is 4.57 Å². The third-order valence-electron chi connectivity index (χ3n) is 6.03. The lowest BCUT2D eigenvalue weighted by atomic mass is 10.1. The van der Waals surface area contributed by atoms with Gasteiger partial charge in [0.1, 0.15) is 5.82 Å². The summed E-state index contributed by atoms with van der Waals surface area (Å²) in [6.07, 6.45) is 0. The van der Waals surface area contributed by atoms with Crippen molar-refractivity contribution in [3.05, 3.63) is 103 Å². The third-order valence-corrected chi connectivity index (χ3v) is 6.03. The molecule has 0 bridgehead atoms. The number of fused-ring (bicyclic) bond motifs is 4. The zero-order valence-electron chi connectivity index (χ0n) is 17.7. The van der Waals surface area contributed by atoms with Gasteiger partial charge in [0.05, 0.1) is 22.1 Å². The molecule has 0 saturated heterocycles. The minimum Gasteiger partial charge on any atom is -0.309 e. The summed E-state index contributed by atoms with van der Waals surface area (Å²) in [7, 11) is 0. The maximum absolute atomic E-state index is 4.94. The number of nitrogens with zero attached hydrogens (tertiary/aromatic N) is 3. The van der Waals surface area contributed by atoms with Gasteiger partial charge in [-0.05, 0) is 48.5 Å². The number of benzene rings is 4. The van der Waals surface area contributed by atoms with E-state index in [0.717, 1.165) is 22.5 Å². The average molecular weight is 402 g/mol. The Bertz CT molecular complexity index is 1550. The van der Waals surface area contributed by atoms with Gasteiger partial charge in [0, 0.05) is 28.1 Å². The Labute approximate surface area is 181 Å². The van der Waals surface area contributed by atoms with Crippen LogP contribution in [0.3, 0.4) is 0 Å². The van der Waals surface area contributed by atoms with E-state index in [1.165, 1.54) is 27.5 Å². The minimum atomic E-state index is 0.328. The molecular formula is C28H23N3. The van der Waals surface area contributed by atoms with Crippen LogP contribution in [0, 0.1) is 0 Å². The molecule has 0 aliphatic rings. The maximum Gasteiger partial charge on any atom is 0.117 e. The molecule has 3 heteroatoms. The van der Waals surface area contributed by atoms with Gasteiger partial charge in [-0.2, -0.15) is 0 Å². The Balaban J connectivity index is 1.69. The van der Waals surface area contributed by atoms with Gasteiger partial charge in [-0.1, -0.05) is 62.4 Å². The molecule has 0 fully saturated rings. The molecule has 0 N–H and O–H groups in total. The zero-order valence-corrected chi connectivity index (χ0v) is 17.7. The Hall–Kier alpha value is -3.85. The SMILES string of the molecule is CC(C)c1nc2ccccc2n1-c1ccc2c(c1)c1ccccc1n2-c1ccccc1. The van der Waals surface area contributed by atoms with Crippen LogP contribution in [0.5, 0.6) is 0 Å². The molecule has 6 rings (SSSR count). The number of para-hydroxylation sites is 4. The van der Waals surface area contributed by atoms with Crippen LogP contribution in [0.25, 0.3) is 44.2 Å². The quantitative estimate of drug-likeness (QED) is 0.306. The second-order valence-corrected chi connectivity index (χ2v) is 8.34. The highest BCUT2D eigenvalue weighted by Gasteiger charge is 2.17. The summed E-state index contributed by atoms with van der Waals surface area (Å²) in [5.41, 5.74) is 6.96. The van der Waals surface area contributed by atoms with Crippen molar-refractivity contribution in [2.24, 2.45) is 0 Å². The van der Waals surface area contributed by atoms with Crippen LogP contribution in [-0.4, -0.2) is 14.1 Å². The van der Waals surface area contributed by atoms with Crippen LogP contribution in [0.1, 0.15) is 25.6 Å². The van der Waals surface area contributed by atoms with Gasteiger partial charge in [-0.3, -0.25) is 4.57 Å². The standard InChI is InChI=1S/C28H23N3/c1-19(2)28-29-24-13-7-9-15-27(24)31(28)21-16-17-26-23(18-21)22-12-6-8-14-25(22)30(26)20-10-4-3-5-11-20/h3-19H,1-2H3. The molecule has 0 aliphatic carbocycles. The summed E-state index contributed by atoms with van der Waals surface area (Å²) >= 11 is 0. The first kappa shape index (κ1) is 18.0. The molecule has 0 aliphatic heterocycles. The minimum absolute atomic E-state index is 0.328. The lowest BCUT2D eigenvalue weighted by Gasteiger charge is -2.12. The second-order valence-electron chi connectivity index (χ2n) is 8.34. The summed E-state index contributed by atoms with van der Waals surface area (Å²) in [6, 6.07) is 34.4. The largest absolute Gasteiger partial charge is 0.309 e. The fourth-order valence-electron chi connectivity index (χ4n) is 4.66. The number of rotatable bonds is 3. The molecule has 4 aromatic carbocycles. The van der Waals surface area contributed by atoms with Crippen molar-refractivity contribution >= 4 is 32.8 Å². The van der Waals surface area contributed by atoms with E-state index in [-0.39, 0.29) is 0 Å². The molecule has 6 aromatic rings. The fraction of sp³-hybridized carbons (Fsp3) is 0.107. The number of hydrogen-bond donors (Lipinski definition) is 0. The van der Waals surface area contributed by atoms with Crippen molar-refractivity contribution in [2.45, 2.75) is 19.8 Å². The monoisotopic (exact) mass is 401 g/mol. The molecule has 0 saturated carbocycles. The van der Waals surface area contributed by atoms with Crippen molar-refractivity contribution in [2.75, 3.05) is 0 Å². The first-order chi connectivity index (χ1) is 15.2. The van der Waals surface area contributed by atoms with Crippen molar-refractivity contribution in [1.29, 1.82) is 0 Å². The van der Waals surface area contributed by atoms with Crippen molar-refractivity contribution in [3.63, 3.8) is 0 Å². The molecule has 0 amide bonds. The molecule has 150 valence electrons. The van der Waals surface area contributed by atoms with E-state index in [1.54, 1.807) is 0 Å². The number of aromatic nitrogens is 3. The predicted octanol–water partition coefficient (Wildman–Crippen LogP) is 7.25. The smallest absolute Gasteiger partial charge is 0.117 e. The van der Waals surface area contributed by atoms with E-state index < -0.39 is 0 Å². The van der Waals surface area contributed by atoms with E-state index in [4.69, 9.17) is 4.98 Å². The van der Waals surface area contributed by atoms with Crippen LogP contribution in [0.4, 0.5) is 0 Å². The summed E-state index contributed by atoms with van der Waals surface area (Å²) in [5.74, 6) is 1.42. The summed E-state index contributed by atoms with van der Waals surface area (Å²) in [6.45, 7) is 4.41. The van der Waals surface area contributed by atoms with Crippen LogP contribution >= 0.6 is 0 Å². The Morgan fingerprint density at radius 3 is 2.06 bits per heavy atom. The highest BCUT2D eigenvalue weighted by atomic mass is 15.1. The Morgan fingerprint density at radius 2 is 1.26 bits per heavy atom. The van der Waals surface area contributed by atoms with Gasteiger partial charge in [0.25, 0.3) is 0 Å². The average Bonchev–Trinajstić information content (AvgIpc) is 3.36. The van der Waals surface area contributed by atoms with Gasteiger partial charge >= 0.3 is 0 Å². The van der Waals surface area contributed by atoms with Crippen molar-refractivity contribution in [1.82, 2.24) is 14.1 Å². The Kier molecular flexibility index (Phi) is 3.97. The number of imidazole rings is 1. The highest BCUT2D eigenvalue weighted by Crippen LogP contribution is 2.35. The van der Waals surface area contributed by atoms with E-state index >= 15 is 0 Å². The first-order valence-electron chi connectivity index (χ1n) is 10.8. The zero-order chi connectivity index (χ0) is 20.9. The normalized spacial score (nSPS) is 11.8. The molecule has 2 aromatic heterocycles. The third kappa shape index (κ3) is 2.70. The highest BCUT2D eigenvalue weighted by molar-refractivity contribution is 6.10. The number of hydrogen-bond acceptors (Lipinski definition) is 1. The van der Waals surface area contributed by atoms with Crippen molar-refractivity contribution < 1.29 is 0 Å². The van der Waals surface area contributed by atoms with Crippen LogP contribution in [-0.2, 0) is 0 Å². The Morgan fingerprint density at radius 1 is 0.581 bits per heavy atom. The molecule has 0 atom stereocenters. The van der Waals surface area contributed by atoms with Crippen LogP contribution < -0.4 is 0 Å². The van der Waals surface area contributed by atoms with Gasteiger partial charge in [0.15, 0.2) is 0 Å². The molecule has 3 nitrogen and oxygen atoms in total. The molecule has 2 heterocycles. The molecular weight excluding hydrogens is 378 g/mol. The summed E-state index contributed by atoms with van der Waals surface area (Å²) < 4.78 is 4.66. The van der Waals surface area contributed by atoms with Crippen LogP contribution in [0.15, 0.2) is 97.1 Å². The molecule has 0 radical (unpaired) electrons. The summed E-state index contributed by atoms with van der Waals surface area (Å²) in [4.78, 5) is 4.94. The molecule has 31 heavy (non-hydrogen) atoms. The lowest BCUT2D eigenvalue weighted by molar-refractivity contribution is 0.760. The lowest BCUT2D eigenvalue weighted by Crippen LogP contribution is -2.03. The van der Waals surface area contributed by atoms with E-state index in [9.17, 15) is 0 Å². The van der Waals surface area contributed by atoms with Gasteiger partial charge in [-0.25, -0.2) is 4.98 Å². The van der Waals surface area contributed by atoms with E-state index in [1.807, 2.05) is 0 Å². The fourth-order valence-corrected chi connectivity index (χ4v) is 4.66. The van der Waals surface area contributed by atoms with E-state index in [0.29, 0.717) is 5.92 Å². The molecule has 0 spiro atoms.